The highest BCUT2D eigenvalue weighted by molar-refractivity contribution is 7.99. The number of rotatable bonds is 3. The van der Waals surface area contributed by atoms with Gasteiger partial charge in [-0.2, -0.15) is 11.8 Å². The Bertz CT molecular complexity index is 455. The summed E-state index contributed by atoms with van der Waals surface area (Å²) in [6.07, 6.45) is 5.33. The summed E-state index contributed by atoms with van der Waals surface area (Å²) in [5.74, 6) is 6.45. The van der Waals surface area contributed by atoms with E-state index in [1.54, 1.807) is 0 Å². The fourth-order valence-corrected chi connectivity index (χ4v) is 3.53. The molecule has 1 nitrogen and oxygen atoms in total. The van der Waals surface area contributed by atoms with E-state index in [2.05, 4.69) is 11.8 Å². The molecule has 0 aromatic heterocycles. The first-order chi connectivity index (χ1) is 8.79. The van der Waals surface area contributed by atoms with Gasteiger partial charge in [-0.05, 0) is 30.5 Å². The smallest absolute Gasteiger partial charge is 0.124 e. The lowest BCUT2D eigenvalue weighted by Crippen LogP contribution is -1.98. The molecule has 18 heavy (non-hydrogen) atoms. The molecule has 0 spiro atoms. The Morgan fingerprint density at radius 3 is 2.83 bits per heavy atom. The summed E-state index contributed by atoms with van der Waals surface area (Å²) < 4.78 is 13.2. The van der Waals surface area contributed by atoms with Gasteiger partial charge in [0, 0.05) is 16.6 Å². The zero-order valence-corrected chi connectivity index (χ0v) is 11.2. The van der Waals surface area contributed by atoms with Crippen LogP contribution in [0, 0.1) is 17.7 Å². The first-order valence-electron chi connectivity index (χ1n) is 6.38. The summed E-state index contributed by atoms with van der Waals surface area (Å²) in [5, 5.41) is 0.769. The zero-order chi connectivity index (χ0) is 12.8. The standard InChI is InChI=1S/C15H18FNS/c16-14-8-7-13(12(10-14)4-3-9-17)11-18-15-5-1-2-6-15/h7-8,10,15H,1-2,5-6,9,11,17H2. The van der Waals surface area contributed by atoms with E-state index in [1.807, 2.05) is 17.8 Å². The Labute approximate surface area is 112 Å². The number of benzene rings is 1. The molecule has 0 amide bonds. The Morgan fingerprint density at radius 1 is 1.33 bits per heavy atom. The van der Waals surface area contributed by atoms with Gasteiger partial charge in [0.05, 0.1) is 6.54 Å². The maximum atomic E-state index is 13.2. The van der Waals surface area contributed by atoms with Crippen molar-refractivity contribution in [3.05, 3.63) is 35.1 Å². The predicted octanol–water partition coefficient (Wildman–Crippen LogP) is 3.31. The van der Waals surface area contributed by atoms with Gasteiger partial charge in [-0.3, -0.25) is 0 Å². The molecule has 96 valence electrons. The van der Waals surface area contributed by atoms with E-state index in [4.69, 9.17) is 5.73 Å². The number of hydrogen-bond donors (Lipinski definition) is 1. The van der Waals surface area contributed by atoms with E-state index in [0.29, 0.717) is 6.54 Å². The van der Waals surface area contributed by atoms with Crippen molar-refractivity contribution in [2.75, 3.05) is 6.54 Å². The van der Waals surface area contributed by atoms with Gasteiger partial charge in [-0.25, -0.2) is 4.39 Å². The molecule has 1 aliphatic carbocycles. The lowest BCUT2D eigenvalue weighted by molar-refractivity contribution is 0.627. The molecular weight excluding hydrogens is 245 g/mol. The molecular formula is C15H18FNS. The minimum Gasteiger partial charge on any atom is -0.320 e. The van der Waals surface area contributed by atoms with Crippen molar-refractivity contribution in [1.29, 1.82) is 0 Å². The monoisotopic (exact) mass is 263 g/mol. The zero-order valence-electron chi connectivity index (χ0n) is 10.4. The molecule has 1 aliphatic rings. The van der Waals surface area contributed by atoms with Crippen molar-refractivity contribution in [2.45, 2.75) is 36.7 Å². The average molecular weight is 263 g/mol. The third-order valence-electron chi connectivity index (χ3n) is 3.17. The normalized spacial score (nSPS) is 15.4. The molecule has 0 atom stereocenters. The molecule has 0 unspecified atom stereocenters. The van der Waals surface area contributed by atoms with E-state index < -0.39 is 0 Å². The van der Waals surface area contributed by atoms with Crippen LogP contribution in [0.5, 0.6) is 0 Å². The molecule has 0 bridgehead atoms. The van der Waals surface area contributed by atoms with Crippen molar-refractivity contribution in [1.82, 2.24) is 0 Å². The third kappa shape index (κ3) is 3.76. The van der Waals surface area contributed by atoms with E-state index in [-0.39, 0.29) is 5.82 Å². The van der Waals surface area contributed by atoms with E-state index in [1.165, 1.54) is 37.8 Å². The fourth-order valence-electron chi connectivity index (χ4n) is 2.20. The van der Waals surface area contributed by atoms with Gasteiger partial charge in [-0.15, -0.1) is 0 Å². The van der Waals surface area contributed by atoms with Crippen LogP contribution in [0.25, 0.3) is 0 Å². The Balaban J connectivity index is 2.05. The lowest BCUT2D eigenvalue weighted by Gasteiger charge is -2.10. The van der Waals surface area contributed by atoms with E-state index >= 15 is 0 Å². The molecule has 1 aromatic rings. The molecule has 0 radical (unpaired) electrons. The highest BCUT2D eigenvalue weighted by Crippen LogP contribution is 2.32. The number of thioether (sulfide) groups is 1. The maximum absolute atomic E-state index is 13.2. The summed E-state index contributed by atoms with van der Waals surface area (Å²) in [5.41, 5.74) is 7.27. The van der Waals surface area contributed by atoms with Crippen molar-refractivity contribution in [3.63, 3.8) is 0 Å². The first-order valence-corrected chi connectivity index (χ1v) is 7.43. The van der Waals surface area contributed by atoms with Crippen LogP contribution in [0.4, 0.5) is 4.39 Å². The third-order valence-corrected chi connectivity index (χ3v) is 4.59. The van der Waals surface area contributed by atoms with Crippen molar-refractivity contribution in [2.24, 2.45) is 5.73 Å². The van der Waals surface area contributed by atoms with E-state index in [0.717, 1.165) is 22.1 Å². The second-order valence-corrected chi connectivity index (χ2v) is 5.81. The Morgan fingerprint density at radius 2 is 2.11 bits per heavy atom. The molecule has 2 N–H and O–H groups in total. The van der Waals surface area contributed by atoms with Gasteiger partial charge >= 0.3 is 0 Å². The largest absolute Gasteiger partial charge is 0.320 e. The number of halogens is 1. The van der Waals surface area contributed by atoms with Gasteiger partial charge in [0.1, 0.15) is 5.82 Å². The summed E-state index contributed by atoms with van der Waals surface area (Å²) in [6.45, 7) is 0.311. The van der Waals surface area contributed by atoms with Gasteiger partial charge in [0.15, 0.2) is 0 Å². The topological polar surface area (TPSA) is 26.0 Å². The van der Waals surface area contributed by atoms with Crippen molar-refractivity contribution in [3.8, 4) is 11.8 Å². The highest BCUT2D eigenvalue weighted by Gasteiger charge is 2.15. The van der Waals surface area contributed by atoms with Crippen LogP contribution < -0.4 is 5.73 Å². The van der Waals surface area contributed by atoms with Gasteiger partial charge < -0.3 is 5.73 Å². The van der Waals surface area contributed by atoms with Crippen LogP contribution in [-0.2, 0) is 5.75 Å². The van der Waals surface area contributed by atoms with Gasteiger partial charge in [0.2, 0.25) is 0 Å². The van der Waals surface area contributed by atoms with Crippen LogP contribution in [0.15, 0.2) is 18.2 Å². The molecule has 2 rings (SSSR count). The second kappa shape index (κ2) is 6.82. The van der Waals surface area contributed by atoms with Crippen LogP contribution in [0.2, 0.25) is 0 Å². The predicted molar refractivity (Wildman–Crippen MR) is 75.9 cm³/mol. The van der Waals surface area contributed by atoms with Crippen LogP contribution >= 0.6 is 11.8 Å². The lowest BCUT2D eigenvalue weighted by atomic mass is 10.1. The average Bonchev–Trinajstić information content (AvgIpc) is 2.88. The van der Waals surface area contributed by atoms with Gasteiger partial charge in [-0.1, -0.05) is 30.7 Å². The first kappa shape index (κ1) is 13.5. The fraction of sp³-hybridized carbons (Fsp3) is 0.467. The minimum atomic E-state index is -0.231. The van der Waals surface area contributed by atoms with Crippen LogP contribution in [0.1, 0.15) is 36.8 Å². The molecule has 0 heterocycles. The van der Waals surface area contributed by atoms with Crippen LogP contribution in [0.3, 0.4) is 0 Å². The minimum absolute atomic E-state index is 0.231. The summed E-state index contributed by atoms with van der Waals surface area (Å²) in [4.78, 5) is 0. The summed E-state index contributed by atoms with van der Waals surface area (Å²) in [6, 6.07) is 4.86. The molecule has 1 saturated carbocycles. The van der Waals surface area contributed by atoms with E-state index in [9.17, 15) is 4.39 Å². The summed E-state index contributed by atoms with van der Waals surface area (Å²) in [7, 11) is 0. The number of nitrogens with two attached hydrogens (primary N) is 1. The maximum Gasteiger partial charge on any atom is 0.124 e. The SMILES string of the molecule is NCC#Cc1cc(F)ccc1CSC1CCCC1. The summed E-state index contributed by atoms with van der Waals surface area (Å²) >= 11 is 1.97. The molecule has 3 heteroatoms. The van der Waals surface area contributed by atoms with Crippen molar-refractivity contribution >= 4 is 11.8 Å². The van der Waals surface area contributed by atoms with Crippen LogP contribution in [-0.4, -0.2) is 11.8 Å². The molecule has 0 saturated heterocycles. The van der Waals surface area contributed by atoms with Gasteiger partial charge in [0.25, 0.3) is 0 Å². The number of hydrogen-bond acceptors (Lipinski definition) is 2. The molecule has 1 fully saturated rings. The molecule has 1 aromatic carbocycles. The van der Waals surface area contributed by atoms with Crippen molar-refractivity contribution < 1.29 is 4.39 Å². The quantitative estimate of drug-likeness (QED) is 0.847. The highest BCUT2D eigenvalue weighted by atomic mass is 32.2. The molecule has 0 aliphatic heterocycles. The Kier molecular flexibility index (Phi) is 5.10. The Hall–Kier alpha value is -0.980. The second-order valence-electron chi connectivity index (χ2n) is 4.52.